The molecule has 0 heterocycles. The quantitative estimate of drug-likeness (QED) is 0.479. The number of anilines is 1. The van der Waals surface area contributed by atoms with Gasteiger partial charge in [-0.25, -0.2) is 0 Å². The number of nitriles is 1. The van der Waals surface area contributed by atoms with E-state index in [0.717, 1.165) is 5.56 Å². The van der Waals surface area contributed by atoms with E-state index in [2.05, 4.69) is 37.2 Å². The van der Waals surface area contributed by atoms with Crippen LogP contribution in [0.3, 0.4) is 0 Å². The summed E-state index contributed by atoms with van der Waals surface area (Å²) in [5, 5.41) is 12.1. The number of nitrogens with one attached hydrogen (secondary N) is 1. The van der Waals surface area contributed by atoms with Crippen LogP contribution in [0, 0.1) is 18.3 Å². The summed E-state index contributed by atoms with van der Waals surface area (Å²) in [7, 11) is 3.08. The molecule has 0 bridgehead atoms. The zero-order chi connectivity index (χ0) is 19.3. The molecule has 0 aromatic heterocycles. The number of benzene rings is 2. The Morgan fingerprint density at radius 2 is 1.81 bits per heavy atom. The molecule has 1 N–H and O–H groups in total. The van der Waals surface area contributed by atoms with Crippen LogP contribution in [-0.4, -0.2) is 20.1 Å². The van der Waals surface area contributed by atoms with E-state index in [0.29, 0.717) is 31.7 Å². The fraction of sp³-hybridized carbons (Fsp3) is 0.158. The molecular weight excluding hydrogens is 464 g/mol. The third-order valence-electron chi connectivity index (χ3n) is 3.50. The normalized spacial score (nSPS) is 10.8. The molecule has 0 spiro atoms. The molecule has 0 saturated carbocycles. The monoisotopic (exact) mass is 478 g/mol. The molecular formula is C19H16Br2N2O3. The number of methoxy groups -OCH3 is 2. The molecule has 26 heavy (non-hydrogen) atoms. The van der Waals surface area contributed by atoms with Crippen LogP contribution in [-0.2, 0) is 4.79 Å². The summed E-state index contributed by atoms with van der Waals surface area (Å²) in [5.41, 5.74) is 2.12. The number of halogens is 2. The van der Waals surface area contributed by atoms with E-state index in [4.69, 9.17) is 9.47 Å². The van der Waals surface area contributed by atoms with Crippen molar-refractivity contribution >= 4 is 49.5 Å². The van der Waals surface area contributed by atoms with E-state index in [1.807, 2.05) is 19.1 Å². The highest BCUT2D eigenvalue weighted by Gasteiger charge is 2.14. The average Bonchev–Trinajstić information content (AvgIpc) is 2.59. The summed E-state index contributed by atoms with van der Waals surface area (Å²) in [6, 6.07) is 10.9. The largest absolute Gasteiger partial charge is 0.495 e. The van der Waals surface area contributed by atoms with Gasteiger partial charge in [-0.3, -0.25) is 4.79 Å². The Hall–Kier alpha value is -2.30. The lowest BCUT2D eigenvalue weighted by molar-refractivity contribution is -0.112. The number of aryl methyl sites for hydroxylation is 1. The maximum absolute atomic E-state index is 12.5. The SMILES string of the molecule is COc1ccc(C)cc1NC(=O)/C(C#N)=C/c1cc(Br)c(OC)c(Br)c1. The maximum atomic E-state index is 12.5. The molecule has 2 aromatic carbocycles. The van der Waals surface area contributed by atoms with Gasteiger partial charge in [-0.05, 0) is 80.3 Å². The molecule has 0 fully saturated rings. The smallest absolute Gasteiger partial charge is 0.266 e. The molecule has 0 unspecified atom stereocenters. The number of nitrogens with zero attached hydrogens (tertiary/aromatic N) is 1. The van der Waals surface area contributed by atoms with Gasteiger partial charge in [0, 0.05) is 0 Å². The topological polar surface area (TPSA) is 71.3 Å². The second-order valence-electron chi connectivity index (χ2n) is 5.35. The molecule has 134 valence electrons. The fourth-order valence-electron chi connectivity index (χ4n) is 2.28. The number of hydrogen-bond donors (Lipinski definition) is 1. The van der Waals surface area contributed by atoms with Crippen LogP contribution in [0.5, 0.6) is 11.5 Å². The predicted molar refractivity (Wildman–Crippen MR) is 108 cm³/mol. The highest BCUT2D eigenvalue weighted by Crippen LogP contribution is 2.35. The van der Waals surface area contributed by atoms with E-state index in [1.165, 1.54) is 13.2 Å². The standard InChI is InChI=1S/C19H16Br2N2O3/c1-11-4-5-17(25-2)16(6-11)23-19(24)13(10-22)7-12-8-14(20)18(26-3)15(21)9-12/h4-9H,1-3H3,(H,23,24)/b13-7+. The molecule has 0 aliphatic heterocycles. The van der Waals surface area contributed by atoms with Crippen LogP contribution in [0.15, 0.2) is 44.9 Å². The average molecular weight is 480 g/mol. The Labute approximate surface area is 168 Å². The van der Waals surface area contributed by atoms with Crippen LogP contribution in [0.25, 0.3) is 6.08 Å². The number of ether oxygens (including phenoxy) is 2. The molecule has 2 aromatic rings. The van der Waals surface area contributed by atoms with Crippen LogP contribution >= 0.6 is 31.9 Å². The number of carbonyl (C=O) groups excluding carboxylic acids is 1. The lowest BCUT2D eigenvalue weighted by atomic mass is 10.1. The molecule has 0 saturated heterocycles. The first-order valence-corrected chi connectivity index (χ1v) is 9.09. The van der Waals surface area contributed by atoms with Crippen molar-refractivity contribution in [1.82, 2.24) is 0 Å². The third-order valence-corrected chi connectivity index (χ3v) is 4.68. The van der Waals surface area contributed by atoms with E-state index in [9.17, 15) is 10.1 Å². The van der Waals surface area contributed by atoms with E-state index in [1.54, 1.807) is 31.4 Å². The molecule has 0 atom stereocenters. The minimum atomic E-state index is -0.514. The summed E-state index contributed by atoms with van der Waals surface area (Å²) in [6.07, 6.45) is 1.51. The lowest BCUT2D eigenvalue weighted by Gasteiger charge is -2.11. The van der Waals surface area contributed by atoms with Gasteiger partial charge in [-0.1, -0.05) is 6.07 Å². The summed E-state index contributed by atoms with van der Waals surface area (Å²) < 4.78 is 11.9. The minimum Gasteiger partial charge on any atom is -0.495 e. The van der Waals surface area contributed by atoms with Gasteiger partial charge < -0.3 is 14.8 Å². The van der Waals surface area contributed by atoms with Crippen molar-refractivity contribution in [3.05, 3.63) is 56.0 Å². The van der Waals surface area contributed by atoms with Crippen molar-refractivity contribution in [2.45, 2.75) is 6.92 Å². The summed E-state index contributed by atoms with van der Waals surface area (Å²) in [6.45, 7) is 1.91. The molecule has 0 aliphatic carbocycles. The Balaban J connectivity index is 2.34. The minimum absolute atomic E-state index is 0.0301. The highest BCUT2D eigenvalue weighted by molar-refractivity contribution is 9.11. The fourth-order valence-corrected chi connectivity index (χ4v) is 3.83. The van der Waals surface area contributed by atoms with E-state index in [-0.39, 0.29) is 5.57 Å². The molecule has 1 amide bonds. The first-order chi connectivity index (χ1) is 12.4. The van der Waals surface area contributed by atoms with Gasteiger partial charge in [0.25, 0.3) is 5.91 Å². The van der Waals surface area contributed by atoms with Gasteiger partial charge in [0.2, 0.25) is 0 Å². The second-order valence-corrected chi connectivity index (χ2v) is 7.05. The molecule has 0 aliphatic rings. The Morgan fingerprint density at radius 3 is 2.35 bits per heavy atom. The Bertz CT molecular complexity index is 894. The van der Waals surface area contributed by atoms with Gasteiger partial charge in [0.15, 0.2) is 0 Å². The number of hydrogen-bond acceptors (Lipinski definition) is 4. The van der Waals surface area contributed by atoms with Gasteiger partial charge in [0.1, 0.15) is 23.1 Å². The van der Waals surface area contributed by atoms with Gasteiger partial charge in [0.05, 0.1) is 28.9 Å². The zero-order valence-corrected chi connectivity index (χ0v) is 17.6. The van der Waals surface area contributed by atoms with E-state index < -0.39 is 5.91 Å². The van der Waals surface area contributed by atoms with Gasteiger partial charge >= 0.3 is 0 Å². The van der Waals surface area contributed by atoms with Crippen LogP contribution < -0.4 is 14.8 Å². The maximum Gasteiger partial charge on any atom is 0.266 e. The first-order valence-electron chi connectivity index (χ1n) is 7.50. The molecule has 5 nitrogen and oxygen atoms in total. The van der Waals surface area contributed by atoms with Crippen molar-refractivity contribution < 1.29 is 14.3 Å². The van der Waals surface area contributed by atoms with Gasteiger partial charge in [-0.15, -0.1) is 0 Å². The number of amides is 1. The van der Waals surface area contributed by atoms with Crippen LogP contribution in [0.4, 0.5) is 5.69 Å². The summed E-state index contributed by atoms with van der Waals surface area (Å²) in [5.74, 6) is 0.644. The van der Waals surface area contributed by atoms with Crippen LogP contribution in [0.1, 0.15) is 11.1 Å². The Morgan fingerprint density at radius 1 is 1.15 bits per heavy atom. The predicted octanol–water partition coefficient (Wildman–Crippen LogP) is 5.08. The van der Waals surface area contributed by atoms with Crippen molar-refractivity contribution in [3.63, 3.8) is 0 Å². The first kappa shape index (κ1) is 20.0. The molecule has 2 rings (SSSR count). The molecule has 7 heteroatoms. The lowest BCUT2D eigenvalue weighted by Crippen LogP contribution is -2.14. The van der Waals surface area contributed by atoms with Gasteiger partial charge in [-0.2, -0.15) is 5.26 Å². The number of carbonyl (C=O) groups is 1. The highest BCUT2D eigenvalue weighted by atomic mass is 79.9. The second kappa shape index (κ2) is 8.88. The van der Waals surface area contributed by atoms with Crippen molar-refractivity contribution in [2.24, 2.45) is 0 Å². The van der Waals surface area contributed by atoms with Crippen molar-refractivity contribution in [3.8, 4) is 17.6 Å². The Kier molecular flexibility index (Phi) is 6.83. The van der Waals surface area contributed by atoms with E-state index >= 15 is 0 Å². The molecule has 0 radical (unpaired) electrons. The number of rotatable bonds is 5. The zero-order valence-electron chi connectivity index (χ0n) is 14.4. The van der Waals surface area contributed by atoms with Crippen molar-refractivity contribution in [1.29, 1.82) is 5.26 Å². The summed E-state index contributed by atoms with van der Waals surface area (Å²) in [4.78, 5) is 12.5. The summed E-state index contributed by atoms with van der Waals surface area (Å²) >= 11 is 6.81. The van der Waals surface area contributed by atoms with Crippen molar-refractivity contribution in [2.75, 3.05) is 19.5 Å². The van der Waals surface area contributed by atoms with Crippen LogP contribution in [0.2, 0.25) is 0 Å². The third kappa shape index (κ3) is 4.65.